The van der Waals surface area contributed by atoms with Crippen molar-refractivity contribution >= 4 is 17.0 Å². The number of nitrogens with zero attached hydrogens (tertiary/aromatic N) is 4. The van der Waals surface area contributed by atoms with Crippen LogP contribution < -0.4 is 10.6 Å². The summed E-state index contributed by atoms with van der Waals surface area (Å²) in [6, 6.07) is 0. The quantitative estimate of drug-likeness (QED) is 0.471. The molecule has 0 unspecified atom stereocenters. The van der Waals surface area contributed by atoms with Gasteiger partial charge in [-0.1, -0.05) is 0 Å². The molecule has 0 bridgehead atoms. The highest BCUT2D eigenvalue weighted by Gasteiger charge is 2.44. The normalized spacial score (nSPS) is 29.9. The highest BCUT2D eigenvalue weighted by molar-refractivity contribution is 5.80. The second-order valence-corrected chi connectivity index (χ2v) is 4.31. The SMILES string of the molecule is Nc1ncnc2c1ncn2O[C@@H]1O[C@H](CO)[C@@H](O)[C@@H]1O. The third kappa shape index (κ3) is 1.94. The summed E-state index contributed by atoms with van der Waals surface area (Å²) in [6.07, 6.45) is -2.07. The van der Waals surface area contributed by atoms with Gasteiger partial charge in [-0.2, -0.15) is 0 Å². The Morgan fingerprint density at radius 2 is 2.10 bits per heavy atom. The highest BCUT2D eigenvalue weighted by atomic mass is 16.8. The van der Waals surface area contributed by atoms with E-state index in [4.69, 9.17) is 20.4 Å². The average molecular weight is 283 g/mol. The monoisotopic (exact) mass is 283 g/mol. The van der Waals surface area contributed by atoms with Gasteiger partial charge in [-0.05, 0) is 0 Å². The van der Waals surface area contributed by atoms with E-state index in [0.29, 0.717) is 11.2 Å². The summed E-state index contributed by atoms with van der Waals surface area (Å²) in [5, 5.41) is 28.4. The van der Waals surface area contributed by atoms with Crippen molar-refractivity contribution in [2.45, 2.75) is 24.6 Å². The first-order valence-electron chi connectivity index (χ1n) is 5.85. The number of nitrogens with two attached hydrogens (primary N) is 1. The molecule has 10 heteroatoms. The zero-order chi connectivity index (χ0) is 14.3. The molecule has 0 spiro atoms. The average Bonchev–Trinajstić information content (AvgIpc) is 2.97. The maximum atomic E-state index is 9.78. The van der Waals surface area contributed by atoms with Gasteiger partial charge >= 0.3 is 0 Å². The molecular formula is C10H13N5O5. The van der Waals surface area contributed by atoms with E-state index in [1.165, 1.54) is 12.7 Å². The predicted molar refractivity (Wildman–Crippen MR) is 64.1 cm³/mol. The summed E-state index contributed by atoms with van der Waals surface area (Å²) in [5.74, 6) is 0.193. The lowest BCUT2D eigenvalue weighted by atomic mass is 10.1. The van der Waals surface area contributed by atoms with Gasteiger partial charge in [0.25, 0.3) is 6.29 Å². The van der Waals surface area contributed by atoms with Gasteiger partial charge < -0.3 is 30.6 Å². The lowest BCUT2D eigenvalue weighted by molar-refractivity contribution is -0.169. The van der Waals surface area contributed by atoms with Gasteiger partial charge in [0.2, 0.25) is 5.65 Å². The third-order valence-corrected chi connectivity index (χ3v) is 3.05. The number of rotatable bonds is 3. The van der Waals surface area contributed by atoms with Crippen molar-refractivity contribution in [1.29, 1.82) is 0 Å². The Bertz CT molecular complexity index is 619. The molecule has 3 rings (SSSR count). The topological polar surface area (TPSA) is 149 Å². The first kappa shape index (κ1) is 13.0. The Morgan fingerprint density at radius 3 is 2.80 bits per heavy atom. The van der Waals surface area contributed by atoms with Crippen LogP contribution in [0.15, 0.2) is 12.7 Å². The standard InChI is InChI=1S/C10H13N5O5/c11-8-5-9(13-2-12-8)15(3-14-5)20-10-7(18)6(17)4(1-16)19-10/h2-4,6-7,10,16-18H,1H2,(H2,11,12,13)/t4-,6-,7+,10+/m1/s1. The molecule has 20 heavy (non-hydrogen) atoms. The fraction of sp³-hybridized carbons (Fsp3) is 0.500. The fourth-order valence-corrected chi connectivity index (χ4v) is 1.97. The molecule has 0 aromatic carbocycles. The second kappa shape index (κ2) is 4.83. The minimum absolute atomic E-state index is 0.193. The van der Waals surface area contributed by atoms with Crippen LogP contribution in [0.5, 0.6) is 0 Å². The van der Waals surface area contributed by atoms with Crippen molar-refractivity contribution < 1.29 is 24.9 Å². The van der Waals surface area contributed by atoms with Crippen LogP contribution >= 0.6 is 0 Å². The molecule has 10 nitrogen and oxygen atoms in total. The van der Waals surface area contributed by atoms with Gasteiger partial charge in [0.15, 0.2) is 11.3 Å². The van der Waals surface area contributed by atoms with Crippen LogP contribution in [0.2, 0.25) is 0 Å². The van der Waals surface area contributed by atoms with Gasteiger partial charge in [-0.15, -0.1) is 4.73 Å². The number of hydrogen-bond acceptors (Lipinski definition) is 9. The minimum atomic E-state index is -1.30. The molecule has 1 fully saturated rings. The van der Waals surface area contributed by atoms with E-state index in [9.17, 15) is 10.2 Å². The molecule has 2 aromatic rings. The van der Waals surface area contributed by atoms with Crippen LogP contribution in [0.3, 0.4) is 0 Å². The van der Waals surface area contributed by atoms with Crippen molar-refractivity contribution in [2.75, 3.05) is 12.3 Å². The van der Waals surface area contributed by atoms with E-state index >= 15 is 0 Å². The van der Waals surface area contributed by atoms with Crippen LogP contribution in [0.4, 0.5) is 5.82 Å². The number of nitrogen functional groups attached to an aromatic ring is 1. The number of aliphatic hydroxyl groups is 3. The molecule has 1 saturated heterocycles. The Labute approximate surface area is 112 Å². The minimum Gasteiger partial charge on any atom is -0.394 e. The molecule has 1 aliphatic heterocycles. The smallest absolute Gasteiger partial charge is 0.254 e. The van der Waals surface area contributed by atoms with E-state index < -0.39 is 31.2 Å². The summed E-state index contributed by atoms with van der Waals surface area (Å²) in [5.41, 5.74) is 6.28. The Balaban J connectivity index is 1.85. The van der Waals surface area contributed by atoms with Crippen LogP contribution in [-0.2, 0) is 4.74 Å². The van der Waals surface area contributed by atoms with E-state index in [-0.39, 0.29) is 5.82 Å². The van der Waals surface area contributed by atoms with E-state index in [1.807, 2.05) is 0 Å². The number of ether oxygens (including phenoxy) is 1. The first-order chi connectivity index (χ1) is 9.61. The van der Waals surface area contributed by atoms with Gasteiger partial charge in [-0.3, -0.25) is 0 Å². The van der Waals surface area contributed by atoms with Crippen molar-refractivity contribution in [3.8, 4) is 0 Å². The van der Waals surface area contributed by atoms with Crippen LogP contribution in [-0.4, -0.2) is 66.2 Å². The number of fused-ring (bicyclic) bond motifs is 1. The van der Waals surface area contributed by atoms with E-state index in [1.54, 1.807) is 0 Å². The molecule has 0 saturated carbocycles. The summed E-state index contributed by atoms with van der Waals surface area (Å²) in [6.45, 7) is -0.433. The molecule has 0 radical (unpaired) electrons. The highest BCUT2D eigenvalue weighted by Crippen LogP contribution is 2.21. The van der Waals surface area contributed by atoms with Gasteiger partial charge in [0.05, 0.1) is 6.61 Å². The zero-order valence-corrected chi connectivity index (χ0v) is 10.2. The maximum absolute atomic E-state index is 9.78. The van der Waals surface area contributed by atoms with Gasteiger partial charge in [-0.25, -0.2) is 15.0 Å². The number of aromatic nitrogens is 4. The molecule has 0 aliphatic carbocycles. The van der Waals surface area contributed by atoms with E-state index in [0.717, 1.165) is 4.73 Å². The van der Waals surface area contributed by atoms with Gasteiger partial charge in [0, 0.05) is 0 Å². The third-order valence-electron chi connectivity index (χ3n) is 3.05. The lowest BCUT2D eigenvalue weighted by Gasteiger charge is -2.16. The zero-order valence-electron chi connectivity index (χ0n) is 10.2. The largest absolute Gasteiger partial charge is 0.394 e. The molecule has 2 aromatic heterocycles. The summed E-state index contributed by atoms with van der Waals surface area (Å²) >= 11 is 0. The summed E-state index contributed by atoms with van der Waals surface area (Å²) in [7, 11) is 0. The van der Waals surface area contributed by atoms with Crippen LogP contribution in [0, 0.1) is 0 Å². The maximum Gasteiger partial charge on any atom is 0.254 e. The summed E-state index contributed by atoms with van der Waals surface area (Å²) < 4.78 is 6.35. The second-order valence-electron chi connectivity index (χ2n) is 4.31. The molecule has 1 aliphatic rings. The Hall–Kier alpha value is -2.01. The van der Waals surface area contributed by atoms with Crippen molar-refractivity contribution in [3.05, 3.63) is 12.7 Å². The lowest BCUT2D eigenvalue weighted by Crippen LogP contribution is -2.38. The molecule has 4 atom stereocenters. The molecule has 3 heterocycles. The Kier molecular flexibility index (Phi) is 3.14. The van der Waals surface area contributed by atoms with E-state index in [2.05, 4.69) is 15.0 Å². The van der Waals surface area contributed by atoms with Crippen molar-refractivity contribution in [2.24, 2.45) is 0 Å². The van der Waals surface area contributed by atoms with Gasteiger partial charge in [0.1, 0.15) is 31.0 Å². The Morgan fingerprint density at radius 1 is 1.30 bits per heavy atom. The molecule has 5 N–H and O–H groups in total. The number of hydrogen-bond donors (Lipinski definition) is 4. The van der Waals surface area contributed by atoms with Crippen LogP contribution in [0.25, 0.3) is 11.2 Å². The summed E-state index contributed by atoms with van der Waals surface area (Å²) in [4.78, 5) is 17.1. The predicted octanol–water partition coefficient (Wildman–Crippen LogP) is -2.72. The molecule has 108 valence electrons. The number of aliphatic hydroxyl groups excluding tert-OH is 3. The van der Waals surface area contributed by atoms with Crippen molar-refractivity contribution in [3.63, 3.8) is 0 Å². The molecular weight excluding hydrogens is 270 g/mol. The van der Waals surface area contributed by atoms with Crippen LogP contribution in [0.1, 0.15) is 0 Å². The molecule has 0 amide bonds. The van der Waals surface area contributed by atoms with Crippen molar-refractivity contribution in [1.82, 2.24) is 19.7 Å². The first-order valence-corrected chi connectivity index (χ1v) is 5.85. The number of anilines is 1. The fourth-order valence-electron chi connectivity index (χ4n) is 1.97. The number of imidazole rings is 1.